The lowest BCUT2D eigenvalue weighted by Crippen LogP contribution is -2.35. The van der Waals surface area contributed by atoms with E-state index in [9.17, 15) is 4.55 Å². The lowest BCUT2D eigenvalue weighted by Gasteiger charge is -2.33. The van der Waals surface area contributed by atoms with Gasteiger partial charge < -0.3 is 19.5 Å². The summed E-state index contributed by atoms with van der Waals surface area (Å²) in [4.78, 5) is 12.8. The first-order valence-corrected chi connectivity index (χ1v) is 12.5. The molecule has 1 aromatic carbocycles. The van der Waals surface area contributed by atoms with Gasteiger partial charge in [-0.25, -0.2) is 4.98 Å². The van der Waals surface area contributed by atoms with Crippen molar-refractivity contribution in [1.82, 2.24) is 9.97 Å². The number of ether oxygens (including phenoxy) is 1. The minimum atomic E-state index is -1.01. The summed E-state index contributed by atoms with van der Waals surface area (Å²) in [5.41, 5.74) is 2.30. The zero-order chi connectivity index (χ0) is 20.5. The summed E-state index contributed by atoms with van der Waals surface area (Å²) in [6.45, 7) is 3.37. The third-order valence-electron chi connectivity index (χ3n) is 6.36. The molecule has 0 bridgehead atoms. The molecule has 4 heterocycles. The molecule has 1 atom stereocenters. The Bertz CT molecular complexity index is 883. The van der Waals surface area contributed by atoms with Gasteiger partial charge in [0, 0.05) is 43.8 Å². The lowest BCUT2D eigenvalue weighted by molar-refractivity contribution is 0.0903. The Hall–Kier alpha value is -1.54. The van der Waals surface area contributed by atoms with E-state index in [4.69, 9.17) is 26.3 Å². The molecule has 0 radical (unpaired) electrons. The van der Waals surface area contributed by atoms with E-state index in [1.54, 1.807) is 0 Å². The van der Waals surface area contributed by atoms with Gasteiger partial charge in [-0.3, -0.25) is 0 Å². The molecule has 3 aliphatic heterocycles. The van der Waals surface area contributed by atoms with Gasteiger partial charge in [-0.2, -0.15) is 4.98 Å². The Morgan fingerprint density at radius 3 is 2.53 bits per heavy atom. The standard InChI is InChI=1S/C22H27ClN4O2S/c23-17-3-1-15(2-4-17)16-5-10-27(11-6-16)22-25-19-9-14-30(28)20(19)21(26-22)24-18-7-12-29-13-8-18/h1-4,16,18H,5-14H2,(H,24,25,26). The molecule has 0 saturated carbocycles. The zero-order valence-electron chi connectivity index (χ0n) is 17.0. The van der Waals surface area contributed by atoms with Gasteiger partial charge in [0.25, 0.3) is 0 Å². The summed E-state index contributed by atoms with van der Waals surface area (Å²) < 4.78 is 18.1. The minimum absolute atomic E-state index is 0.318. The number of benzene rings is 1. The van der Waals surface area contributed by atoms with E-state index in [-0.39, 0.29) is 0 Å². The van der Waals surface area contributed by atoms with Crippen molar-refractivity contribution in [3.8, 4) is 0 Å². The highest BCUT2D eigenvalue weighted by Crippen LogP contribution is 2.35. The van der Waals surface area contributed by atoms with E-state index in [2.05, 4.69) is 22.3 Å². The number of halogens is 1. The molecule has 5 rings (SSSR count). The number of nitrogens with one attached hydrogen (secondary N) is 1. The first-order chi connectivity index (χ1) is 14.7. The Balaban J connectivity index is 1.33. The van der Waals surface area contributed by atoms with Gasteiger partial charge in [0.15, 0.2) is 5.82 Å². The van der Waals surface area contributed by atoms with Crippen molar-refractivity contribution in [1.29, 1.82) is 0 Å². The molecule has 2 aromatic rings. The largest absolute Gasteiger partial charge is 0.611 e. The number of aryl methyl sites for hydroxylation is 1. The number of rotatable bonds is 4. The number of aromatic nitrogens is 2. The van der Waals surface area contributed by atoms with Crippen LogP contribution in [0.3, 0.4) is 0 Å². The van der Waals surface area contributed by atoms with Crippen molar-refractivity contribution in [3.05, 3.63) is 40.5 Å². The molecule has 6 nitrogen and oxygen atoms in total. The summed E-state index contributed by atoms with van der Waals surface area (Å²) in [6.07, 6.45) is 4.80. The smallest absolute Gasteiger partial charge is 0.227 e. The van der Waals surface area contributed by atoms with Crippen LogP contribution in [0.15, 0.2) is 29.2 Å². The van der Waals surface area contributed by atoms with Gasteiger partial charge in [-0.15, -0.1) is 0 Å². The van der Waals surface area contributed by atoms with E-state index in [0.717, 1.165) is 85.8 Å². The number of fused-ring (bicyclic) bond motifs is 1. The molecule has 1 unspecified atom stereocenters. The summed E-state index contributed by atoms with van der Waals surface area (Å²) >= 11 is 5.03. The Morgan fingerprint density at radius 2 is 1.80 bits per heavy atom. The lowest BCUT2D eigenvalue weighted by atomic mass is 9.89. The SMILES string of the molecule is [O-][S+]1CCc2nc(N3CCC(c4ccc(Cl)cc4)CC3)nc(NC3CCOCC3)c21. The van der Waals surface area contributed by atoms with Gasteiger partial charge in [0.1, 0.15) is 11.4 Å². The van der Waals surface area contributed by atoms with Crippen molar-refractivity contribution in [2.45, 2.75) is 49.0 Å². The topological polar surface area (TPSA) is 73.3 Å². The summed E-state index contributed by atoms with van der Waals surface area (Å²) in [7, 11) is 0. The van der Waals surface area contributed by atoms with Crippen LogP contribution in [0.4, 0.5) is 11.8 Å². The fourth-order valence-electron chi connectivity index (χ4n) is 4.61. The minimum Gasteiger partial charge on any atom is -0.611 e. The van der Waals surface area contributed by atoms with Crippen LogP contribution in [-0.4, -0.2) is 52.6 Å². The Kier molecular flexibility index (Phi) is 6.05. The molecule has 0 amide bonds. The summed E-state index contributed by atoms with van der Waals surface area (Å²) in [6, 6.07) is 8.54. The van der Waals surface area contributed by atoms with Gasteiger partial charge >= 0.3 is 0 Å². The maximum absolute atomic E-state index is 12.6. The molecule has 0 aliphatic carbocycles. The monoisotopic (exact) mass is 446 g/mol. The van der Waals surface area contributed by atoms with Crippen molar-refractivity contribution in [2.24, 2.45) is 0 Å². The summed E-state index contributed by atoms with van der Waals surface area (Å²) in [5, 5.41) is 4.35. The van der Waals surface area contributed by atoms with E-state index in [1.807, 2.05) is 12.1 Å². The van der Waals surface area contributed by atoms with Crippen LogP contribution in [0.5, 0.6) is 0 Å². The highest BCUT2D eigenvalue weighted by molar-refractivity contribution is 7.91. The van der Waals surface area contributed by atoms with Crippen LogP contribution in [0, 0.1) is 0 Å². The molecule has 2 saturated heterocycles. The number of anilines is 2. The molecular weight excluding hydrogens is 420 g/mol. The van der Waals surface area contributed by atoms with Crippen LogP contribution in [0.2, 0.25) is 5.02 Å². The highest BCUT2D eigenvalue weighted by atomic mass is 35.5. The second-order valence-electron chi connectivity index (χ2n) is 8.29. The predicted molar refractivity (Wildman–Crippen MR) is 120 cm³/mol. The first-order valence-electron chi connectivity index (χ1n) is 10.8. The van der Waals surface area contributed by atoms with Crippen LogP contribution >= 0.6 is 11.6 Å². The maximum Gasteiger partial charge on any atom is 0.227 e. The van der Waals surface area contributed by atoms with Crippen molar-refractivity contribution in [3.63, 3.8) is 0 Å². The average molecular weight is 447 g/mol. The van der Waals surface area contributed by atoms with Crippen LogP contribution < -0.4 is 10.2 Å². The summed E-state index contributed by atoms with van der Waals surface area (Å²) in [5.74, 6) is 2.74. The van der Waals surface area contributed by atoms with Crippen molar-refractivity contribution >= 4 is 34.5 Å². The quantitative estimate of drug-likeness (QED) is 0.720. The Morgan fingerprint density at radius 1 is 1.07 bits per heavy atom. The second-order valence-corrected chi connectivity index (χ2v) is 10.2. The number of nitrogens with zero attached hydrogens (tertiary/aromatic N) is 3. The zero-order valence-corrected chi connectivity index (χ0v) is 18.6. The molecule has 160 valence electrons. The van der Waals surface area contributed by atoms with Gasteiger partial charge in [0.2, 0.25) is 10.8 Å². The Labute approximate surface area is 185 Å². The molecule has 0 spiro atoms. The number of piperidine rings is 1. The molecule has 3 aliphatic rings. The predicted octanol–water partition coefficient (Wildman–Crippen LogP) is 3.77. The highest BCUT2D eigenvalue weighted by Gasteiger charge is 2.34. The van der Waals surface area contributed by atoms with Gasteiger partial charge in [-0.05, 0) is 60.5 Å². The van der Waals surface area contributed by atoms with Crippen LogP contribution in [0.25, 0.3) is 0 Å². The number of hydrogen-bond donors (Lipinski definition) is 1. The van der Waals surface area contributed by atoms with Crippen LogP contribution in [0.1, 0.15) is 42.9 Å². The van der Waals surface area contributed by atoms with Crippen molar-refractivity contribution < 1.29 is 9.29 Å². The number of hydrogen-bond acceptors (Lipinski definition) is 6. The van der Waals surface area contributed by atoms with E-state index in [1.165, 1.54) is 5.56 Å². The third-order valence-corrected chi connectivity index (χ3v) is 8.07. The van der Waals surface area contributed by atoms with Crippen LogP contribution in [-0.2, 0) is 22.3 Å². The second kappa shape index (κ2) is 8.91. The normalized spacial score (nSPS) is 22.9. The van der Waals surface area contributed by atoms with Crippen molar-refractivity contribution in [2.75, 3.05) is 42.3 Å². The first kappa shape index (κ1) is 20.4. The molecule has 1 aromatic heterocycles. The molecule has 8 heteroatoms. The average Bonchev–Trinajstić information content (AvgIpc) is 3.16. The van der Waals surface area contributed by atoms with Gasteiger partial charge in [0.05, 0.1) is 0 Å². The fraction of sp³-hybridized carbons (Fsp3) is 0.545. The van der Waals surface area contributed by atoms with E-state index >= 15 is 0 Å². The molecular formula is C22H27ClN4O2S. The van der Waals surface area contributed by atoms with Gasteiger partial charge in [-0.1, -0.05) is 23.7 Å². The molecule has 1 N–H and O–H groups in total. The molecule has 2 fully saturated rings. The van der Waals surface area contributed by atoms with E-state index < -0.39 is 11.2 Å². The molecule has 30 heavy (non-hydrogen) atoms. The van der Waals surface area contributed by atoms with E-state index in [0.29, 0.717) is 17.7 Å². The third kappa shape index (κ3) is 4.26. The fourth-order valence-corrected chi connectivity index (χ4v) is 6.05. The maximum atomic E-state index is 12.6.